The number of benzene rings is 2. The summed E-state index contributed by atoms with van der Waals surface area (Å²) in [6.45, 7) is 8.39. The summed E-state index contributed by atoms with van der Waals surface area (Å²) < 4.78 is 59.9. The third-order valence-electron chi connectivity index (χ3n) is 4.82. The van der Waals surface area contributed by atoms with Gasteiger partial charge in [0.15, 0.2) is 6.10 Å². The quantitative estimate of drug-likeness (QED) is 0.550. The largest absolute Gasteiger partial charge is 0.479 e. The van der Waals surface area contributed by atoms with E-state index in [1.165, 1.54) is 24.0 Å². The second-order valence-corrected chi connectivity index (χ2v) is 7.90. The highest BCUT2D eigenvalue weighted by atomic mass is 19.4. The molecule has 5 nitrogen and oxygen atoms in total. The van der Waals surface area contributed by atoms with E-state index in [1.54, 1.807) is 27.7 Å². The van der Waals surface area contributed by atoms with Crippen LogP contribution in [-0.2, 0) is 11.0 Å². The number of rotatable bonds is 7. The molecule has 0 heterocycles. The maximum absolute atomic E-state index is 14.9. The topological polar surface area (TPSA) is 66.8 Å². The number of carbonyl (C=O) groups is 2. The molecule has 0 bridgehead atoms. The average molecular weight is 455 g/mol. The fourth-order valence-electron chi connectivity index (χ4n) is 3.34. The van der Waals surface area contributed by atoms with E-state index in [9.17, 15) is 27.2 Å². The number of carbonyl (C=O) groups excluding carboxylic acids is 1. The number of alkyl halides is 3. The summed E-state index contributed by atoms with van der Waals surface area (Å²) in [5.74, 6) is -2.92. The molecular weight excluding hydrogens is 430 g/mol. The summed E-state index contributed by atoms with van der Waals surface area (Å²) in [5, 5.41) is 9.06. The lowest BCUT2D eigenvalue weighted by atomic mass is 9.99. The lowest BCUT2D eigenvalue weighted by Gasteiger charge is -2.31. The predicted octanol–water partition coefficient (Wildman–Crippen LogP) is 5.62. The smallest absolute Gasteiger partial charge is 0.416 e. The van der Waals surface area contributed by atoms with Crippen LogP contribution in [0.5, 0.6) is 5.75 Å². The van der Waals surface area contributed by atoms with E-state index in [4.69, 9.17) is 9.84 Å². The van der Waals surface area contributed by atoms with Gasteiger partial charge in [-0.05, 0) is 70.5 Å². The molecule has 0 aliphatic heterocycles. The zero-order chi connectivity index (χ0) is 24.4. The van der Waals surface area contributed by atoms with Gasteiger partial charge < -0.3 is 14.7 Å². The highest BCUT2D eigenvalue weighted by Crippen LogP contribution is 2.38. The lowest BCUT2D eigenvalue weighted by molar-refractivity contribution is -0.144. The van der Waals surface area contributed by atoms with E-state index in [2.05, 4.69) is 0 Å². The monoisotopic (exact) mass is 455 g/mol. The van der Waals surface area contributed by atoms with Gasteiger partial charge in [-0.1, -0.05) is 6.07 Å². The molecule has 0 aliphatic rings. The molecule has 2 aromatic carbocycles. The first-order valence-corrected chi connectivity index (χ1v) is 9.97. The van der Waals surface area contributed by atoms with Gasteiger partial charge in [-0.25, -0.2) is 9.18 Å². The van der Waals surface area contributed by atoms with Crippen LogP contribution in [0, 0.1) is 5.82 Å². The first-order valence-electron chi connectivity index (χ1n) is 9.97. The average Bonchev–Trinajstić information content (AvgIpc) is 2.66. The van der Waals surface area contributed by atoms with E-state index < -0.39 is 35.5 Å². The Morgan fingerprint density at radius 2 is 1.56 bits per heavy atom. The van der Waals surface area contributed by atoms with E-state index in [0.717, 1.165) is 24.3 Å². The number of carboxylic acid groups (broad SMARTS) is 1. The van der Waals surface area contributed by atoms with Crippen molar-refractivity contribution in [1.82, 2.24) is 4.90 Å². The molecule has 32 heavy (non-hydrogen) atoms. The normalized spacial score (nSPS) is 12.7. The van der Waals surface area contributed by atoms with Crippen LogP contribution in [0.3, 0.4) is 0 Å². The van der Waals surface area contributed by atoms with Gasteiger partial charge in [0.2, 0.25) is 0 Å². The molecule has 0 fully saturated rings. The maximum atomic E-state index is 14.9. The van der Waals surface area contributed by atoms with E-state index in [-0.39, 0.29) is 34.5 Å². The van der Waals surface area contributed by atoms with E-state index >= 15 is 0 Å². The minimum atomic E-state index is -4.67. The maximum Gasteiger partial charge on any atom is 0.416 e. The number of amides is 1. The Kier molecular flexibility index (Phi) is 7.54. The van der Waals surface area contributed by atoms with Gasteiger partial charge in [-0.2, -0.15) is 13.2 Å². The minimum Gasteiger partial charge on any atom is -0.479 e. The summed E-state index contributed by atoms with van der Waals surface area (Å²) in [4.78, 5) is 25.4. The summed E-state index contributed by atoms with van der Waals surface area (Å²) in [6.07, 6.45) is -6.02. The van der Waals surface area contributed by atoms with Crippen molar-refractivity contribution in [3.05, 3.63) is 53.3 Å². The number of halogens is 4. The third-order valence-corrected chi connectivity index (χ3v) is 4.82. The Bertz CT molecular complexity index is 994. The summed E-state index contributed by atoms with van der Waals surface area (Å²) in [6, 6.07) is 5.58. The number of ether oxygens (including phenoxy) is 1. The molecule has 0 saturated heterocycles. The minimum absolute atomic E-state index is 0.0124. The molecule has 0 aliphatic carbocycles. The number of hydrogen-bond donors (Lipinski definition) is 1. The van der Waals surface area contributed by atoms with Crippen LogP contribution in [0.15, 0.2) is 36.4 Å². The Balaban J connectivity index is 2.57. The zero-order valence-electron chi connectivity index (χ0n) is 18.3. The molecule has 1 atom stereocenters. The highest BCUT2D eigenvalue weighted by molar-refractivity contribution is 5.95. The van der Waals surface area contributed by atoms with E-state index in [0.29, 0.717) is 0 Å². The van der Waals surface area contributed by atoms with Crippen LogP contribution in [0.4, 0.5) is 17.6 Å². The number of carboxylic acids is 1. The molecule has 0 unspecified atom stereocenters. The first kappa shape index (κ1) is 25.2. The van der Waals surface area contributed by atoms with Crippen molar-refractivity contribution < 1.29 is 37.0 Å². The molecular formula is C23H25F4NO4. The van der Waals surface area contributed by atoms with Crippen LogP contribution in [0.2, 0.25) is 0 Å². The van der Waals surface area contributed by atoms with Crippen LogP contribution in [0.1, 0.15) is 50.5 Å². The second-order valence-electron chi connectivity index (χ2n) is 7.90. The van der Waals surface area contributed by atoms with Gasteiger partial charge in [0.25, 0.3) is 5.91 Å². The van der Waals surface area contributed by atoms with Crippen molar-refractivity contribution in [1.29, 1.82) is 0 Å². The predicted molar refractivity (Wildman–Crippen MR) is 111 cm³/mol. The zero-order valence-corrected chi connectivity index (χ0v) is 18.3. The molecule has 9 heteroatoms. The van der Waals surface area contributed by atoms with Gasteiger partial charge in [0.05, 0.1) is 11.1 Å². The Labute approximate surface area is 183 Å². The number of aliphatic carboxylic acids is 1. The fraction of sp³-hybridized carbons (Fsp3) is 0.391. The van der Waals surface area contributed by atoms with Gasteiger partial charge >= 0.3 is 12.1 Å². The van der Waals surface area contributed by atoms with Crippen molar-refractivity contribution in [2.24, 2.45) is 0 Å². The Morgan fingerprint density at radius 1 is 0.969 bits per heavy atom. The van der Waals surface area contributed by atoms with Crippen molar-refractivity contribution in [2.75, 3.05) is 0 Å². The van der Waals surface area contributed by atoms with Crippen molar-refractivity contribution >= 4 is 11.9 Å². The first-order chi connectivity index (χ1) is 14.7. The molecule has 2 aromatic rings. The summed E-state index contributed by atoms with van der Waals surface area (Å²) >= 11 is 0. The Morgan fingerprint density at radius 3 is 2.03 bits per heavy atom. The Hall–Kier alpha value is -3.10. The fourth-order valence-corrected chi connectivity index (χ4v) is 3.34. The molecule has 0 aromatic heterocycles. The number of nitrogens with zero attached hydrogens (tertiary/aromatic N) is 1. The van der Waals surface area contributed by atoms with Crippen LogP contribution < -0.4 is 4.74 Å². The number of hydrogen-bond acceptors (Lipinski definition) is 3. The van der Waals surface area contributed by atoms with Crippen LogP contribution >= 0.6 is 0 Å². The second kappa shape index (κ2) is 9.58. The molecule has 2 rings (SSSR count). The van der Waals surface area contributed by atoms with Crippen molar-refractivity contribution in [3.63, 3.8) is 0 Å². The molecule has 0 spiro atoms. The van der Waals surface area contributed by atoms with Gasteiger partial charge in [0, 0.05) is 17.6 Å². The standard InChI is InChI=1S/C23H25F4NO4/c1-12(2)28(13(3)4)21(29)17-8-6-15(10-19(17)24)18-11-16(23(25,26)27)7-9-20(18)32-14(5)22(30)31/h6-14H,1-5H3,(H,30,31)/t14-/m0/s1. The van der Waals surface area contributed by atoms with Crippen LogP contribution in [-0.4, -0.2) is 40.1 Å². The summed E-state index contributed by atoms with van der Waals surface area (Å²) in [7, 11) is 0. The molecule has 0 saturated carbocycles. The van der Waals surface area contributed by atoms with E-state index in [1.807, 2.05) is 0 Å². The molecule has 1 N–H and O–H groups in total. The summed E-state index contributed by atoms with van der Waals surface area (Å²) in [5.41, 5.74) is -1.35. The SMILES string of the molecule is CC(C)N(C(=O)c1ccc(-c2cc(C(F)(F)F)ccc2O[C@@H](C)C(=O)O)cc1F)C(C)C. The molecule has 174 valence electrons. The van der Waals surface area contributed by atoms with Gasteiger partial charge in [0.1, 0.15) is 11.6 Å². The van der Waals surface area contributed by atoms with Crippen molar-refractivity contribution in [3.8, 4) is 16.9 Å². The van der Waals surface area contributed by atoms with Crippen molar-refractivity contribution in [2.45, 2.75) is 59.0 Å². The third kappa shape index (κ3) is 5.57. The lowest BCUT2D eigenvalue weighted by Crippen LogP contribution is -2.42. The van der Waals surface area contributed by atoms with Crippen LogP contribution in [0.25, 0.3) is 11.1 Å². The molecule has 1 amide bonds. The highest BCUT2D eigenvalue weighted by Gasteiger charge is 2.32. The van der Waals surface area contributed by atoms with Gasteiger partial charge in [-0.3, -0.25) is 4.79 Å². The van der Waals surface area contributed by atoms with Gasteiger partial charge in [-0.15, -0.1) is 0 Å². The molecule has 0 radical (unpaired) electrons.